The number of hydrogen-bond acceptors (Lipinski definition) is 5. The van der Waals surface area contributed by atoms with E-state index in [9.17, 15) is 0 Å². The third-order valence-corrected chi connectivity index (χ3v) is 2.55. The highest BCUT2D eigenvalue weighted by molar-refractivity contribution is 5.36. The standard InChI is InChI=1S/C11H15N3O2/c1-8(2)10-9(7-12)13-11(16-10)14-3-5-15-6-4-14/h8H,3-6H2,1-2H3. The third-order valence-electron chi connectivity index (χ3n) is 2.55. The minimum atomic E-state index is 0.178. The summed E-state index contributed by atoms with van der Waals surface area (Å²) >= 11 is 0. The molecule has 0 aliphatic carbocycles. The molecule has 5 nitrogen and oxygen atoms in total. The Morgan fingerprint density at radius 3 is 2.56 bits per heavy atom. The van der Waals surface area contributed by atoms with Crippen molar-refractivity contribution in [3.8, 4) is 6.07 Å². The summed E-state index contributed by atoms with van der Waals surface area (Å²) in [4.78, 5) is 6.23. The normalized spacial score (nSPS) is 16.5. The molecule has 0 aromatic carbocycles. The van der Waals surface area contributed by atoms with Gasteiger partial charge in [-0.25, -0.2) is 0 Å². The molecule has 16 heavy (non-hydrogen) atoms. The summed E-state index contributed by atoms with van der Waals surface area (Å²) in [5, 5.41) is 8.96. The monoisotopic (exact) mass is 221 g/mol. The van der Waals surface area contributed by atoms with Crippen molar-refractivity contribution in [1.29, 1.82) is 5.26 Å². The molecule has 86 valence electrons. The van der Waals surface area contributed by atoms with Crippen LogP contribution in [0.25, 0.3) is 0 Å². The minimum Gasteiger partial charge on any atom is -0.427 e. The van der Waals surface area contributed by atoms with Crippen LogP contribution in [-0.4, -0.2) is 31.3 Å². The molecule has 1 aliphatic rings. The zero-order valence-electron chi connectivity index (χ0n) is 9.56. The fraction of sp³-hybridized carbons (Fsp3) is 0.636. The number of morpholine rings is 1. The quantitative estimate of drug-likeness (QED) is 0.757. The highest BCUT2D eigenvalue weighted by Gasteiger charge is 2.21. The second-order valence-electron chi connectivity index (χ2n) is 4.08. The van der Waals surface area contributed by atoms with Crippen LogP contribution in [-0.2, 0) is 4.74 Å². The van der Waals surface area contributed by atoms with Crippen molar-refractivity contribution in [2.75, 3.05) is 31.2 Å². The maximum absolute atomic E-state index is 8.96. The van der Waals surface area contributed by atoms with Gasteiger partial charge in [-0.3, -0.25) is 0 Å². The first-order valence-electron chi connectivity index (χ1n) is 5.46. The molecule has 2 rings (SSSR count). The maximum Gasteiger partial charge on any atom is 0.298 e. The minimum absolute atomic E-state index is 0.178. The molecule has 1 aromatic rings. The van der Waals surface area contributed by atoms with Crippen molar-refractivity contribution >= 4 is 6.01 Å². The second kappa shape index (κ2) is 4.54. The first-order valence-corrected chi connectivity index (χ1v) is 5.46. The summed E-state index contributed by atoms with van der Waals surface area (Å²) in [7, 11) is 0. The van der Waals surface area contributed by atoms with Gasteiger partial charge in [-0.1, -0.05) is 13.8 Å². The van der Waals surface area contributed by atoms with Gasteiger partial charge in [0.25, 0.3) is 6.01 Å². The molecule has 5 heteroatoms. The average Bonchev–Trinajstić information content (AvgIpc) is 2.74. The lowest BCUT2D eigenvalue weighted by atomic mass is 10.1. The number of rotatable bonds is 2. The lowest BCUT2D eigenvalue weighted by Crippen LogP contribution is -2.36. The highest BCUT2D eigenvalue weighted by Crippen LogP contribution is 2.25. The molecule has 0 bridgehead atoms. The van der Waals surface area contributed by atoms with Gasteiger partial charge in [-0.2, -0.15) is 10.2 Å². The number of ether oxygens (including phenoxy) is 1. The van der Waals surface area contributed by atoms with Gasteiger partial charge in [0, 0.05) is 19.0 Å². The number of anilines is 1. The van der Waals surface area contributed by atoms with Crippen molar-refractivity contribution in [1.82, 2.24) is 4.98 Å². The number of nitriles is 1. The lowest BCUT2D eigenvalue weighted by molar-refractivity contribution is 0.120. The van der Waals surface area contributed by atoms with Crippen molar-refractivity contribution in [3.05, 3.63) is 11.5 Å². The molecule has 1 aliphatic heterocycles. The molecule has 1 fully saturated rings. The van der Waals surface area contributed by atoms with Crippen LogP contribution < -0.4 is 4.90 Å². The topological polar surface area (TPSA) is 62.3 Å². The second-order valence-corrected chi connectivity index (χ2v) is 4.08. The fourth-order valence-electron chi connectivity index (χ4n) is 1.68. The molecule has 1 aromatic heterocycles. The molecule has 1 saturated heterocycles. The highest BCUT2D eigenvalue weighted by atomic mass is 16.5. The molecule has 0 amide bonds. The van der Waals surface area contributed by atoms with E-state index in [4.69, 9.17) is 14.4 Å². The number of nitrogens with zero attached hydrogens (tertiary/aromatic N) is 3. The summed E-state index contributed by atoms with van der Waals surface area (Å²) in [5.74, 6) is 0.848. The van der Waals surface area contributed by atoms with E-state index in [1.165, 1.54) is 0 Å². The van der Waals surface area contributed by atoms with Gasteiger partial charge in [0.2, 0.25) is 0 Å². The summed E-state index contributed by atoms with van der Waals surface area (Å²) in [6, 6.07) is 2.62. The van der Waals surface area contributed by atoms with Crippen LogP contribution in [0, 0.1) is 11.3 Å². The van der Waals surface area contributed by atoms with E-state index in [2.05, 4.69) is 11.1 Å². The number of aromatic nitrogens is 1. The predicted molar refractivity (Wildman–Crippen MR) is 58.3 cm³/mol. The van der Waals surface area contributed by atoms with Crippen LogP contribution >= 0.6 is 0 Å². The van der Waals surface area contributed by atoms with Gasteiger partial charge in [0.05, 0.1) is 13.2 Å². The lowest BCUT2D eigenvalue weighted by Gasteiger charge is -2.24. The van der Waals surface area contributed by atoms with Crippen molar-refractivity contribution in [3.63, 3.8) is 0 Å². The Hall–Kier alpha value is -1.54. The van der Waals surface area contributed by atoms with Gasteiger partial charge in [-0.15, -0.1) is 0 Å². The van der Waals surface area contributed by atoms with E-state index in [0.29, 0.717) is 30.7 Å². The molecule has 0 spiro atoms. The largest absolute Gasteiger partial charge is 0.427 e. The number of hydrogen-bond donors (Lipinski definition) is 0. The first kappa shape index (κ1) is 11.0. The fourth-order valence-corrected chi connectivity index (χ4v) is 1.68. The zero-order chi connectivity index (χ0) is 11.5. The summed E-state index contributed by atoms with van der Waals surface area (Å²) < 4.78 is 10.9. The predicted octanol–water partition coefficient (Wildman–Crippen LogP) is 1.51. The Labute approximate surface area is 94.6 Å². The maximum atomic E-state index is 8.96. The van der Waals surface area contributed by atoms with Crippen LogP contribution in [0.15, 0.2) is 4.42 Å². The molecule has 0 atom stereocenters. The van der Waals surface area contributed by atoms with Crippen LogP contribution in [0.4, 0.5) is 6.01 Å². The van der Waals surface area contributed by atoms with Crippen LogP contribution in [0.2, 0.25) is 0 Å². The van der Waals surface area contributed by atoms with Crippen LogP contribution in [0.1, 0.15) is 31.2 Å². The Morgan fingerprint density at radius 1 is 1.38 bits per heavy atom. The van der Waals surface area contributed by atoms with E-state index in [1.807, 2.05) is 18.7 Å². The van der Waals surface area contributed by atoms with Gasteiger partial charge in [0.1, 0.15) is 11.8 Å². The molecule has 0 unspecified atom stereocenters. The van der Waals surface area contributed by atoms with Crippen LogP contribution in [0.5, 0.6) is 0 Å². The summed E-state index contributed by atoms with van der Waals surface area (Å²) in [6.07, 6.45) is 0. The van der Waals surface area contributed by atoms with Crippen LogP contribution in [0.3, 0.4) is 0 Å². The van der Waals surface area contributed by atoms with E-state index in [0.717, 1.165) is 13.1 Å². The smallest absolute Gasteiger partial charge is 0.298 e. The molecule has 2 heterocycles. The molecular formula is C11H15N3O2. The molecule has 0 N–H and O–H groups in total. The molecular weight excluding hydrogens is 206 g/mol. The summed E-state index contributed by atoms with van der Waals surface area (Å²) in [5.41, 5.74) is 0.400. The zero-order valence-corrected chi connectivity index (χ0v) is 9.56. The Balaban J connectivity index is 2.25. The average molecular weight is 221 g/mol. The molecule has 0 saturated carbocycles. The van der Waals surface area contributed by atoms with Crippen molar-refractivity contribution < 1.29 is 9.15 Å². The SMILES string of the molecule is CC(C)c1oc(N2CCOCC2)nc1C#N. The number of oxazole rings is 1. The van der Waals surface area contributed by atoms with E-state index in [-0.39, 0.29) is 5.92 Å². The van der Waals surface area contributed by atoms with E-state index in [1.54, 1.807) is 0 Å². The Morgan fingerprint density at radius 2 is 2.06 bits per heavy atom. The third kappa shape index (κ3) is 2.02. The van der Waals surface area contributed by atoms with Crippen molar-refractivity contribution in [2.24, 2.45) is 0 Å². The molecule has 0 radical (unpaired) electrons. The van der Waals surface area contributed by atoms with Crippen molar-refractivity contribution in [2.45, 2.75) is 19.8 Å². The Kier molecular flexibility index (Phi) is 3.11. The Bertz CT molecular complexity index is 400. The van der Waals surface area contributed by atoms with E-state index >= 15 is 0 Å². The first-order chi connectivity index (χ1) is 7.72. The summed E-state index contributed by atoms with van der Waals surface area (Å²) in [6.45, 7) is 6.88. The van der Waals surface area contributed by atoms with E-state index < -0.39 is 0 Å². The van der Waals surface area contributed by atoms with Gasteiger partial charge >= 0.3 is 0 Å². The van der Waals surface area contributed by atoms with Gasteiger partial charge < -0.3 is 14.1 Å². The van der Waals surface area contributed by atoms with Gasteiger partial charge in [-0.05, 0) is 0 Å². The van der Waals surface area contributed by atoms with Gasteiger partial charge in [0.15, 0.2) is 5.69 Å².